The first kappa shape index (κ1) is 21.9. The summed E-state index contributed by atoms with van der Waals surface area (Å²) in [6.07, 6.45) is -0.641. The Kier molecular flexibility index (Phi) is 7.77. The Morgan fingerprint density at radius 3 is 2.10 bits per heavy atom. The van der Waals surface area contributed by atoms with Crippen molar-refractivity contribution >= 4 is 23.7 Å². The first-order valence-electron chi connectivity index (χ1n) is 9.31. The van der Waals surface area contributed by atoms with Crippen molar-refractivity contribution in [3.05, 3.63) is 66.2 Å². The van der Waals surface area contributed by atoms with Crippen LogP contribution in [0.15, 0.2) is 60.7 Å². The summed E-state index contributed by atoms with van der Waals surface area (Å²) >= 11 is 0. The molecule has 2 aromatic carbocycles. The molecule has 2 rings (SSSR count). The minimum atomic E-state index is -0.699. The third kappa shape index (κ3) is 7.65. The van der Waals surface area contributed by atoms with E-state index in [0.29, 0.717) is 11.3 Å². The Morgan fingerprint density at radius 2 is 1.52 bits per heavy atom. The van der Waals surface area contributed by atoms with Crippen LogP contribution in [-0.2, 0) is 14.3 Å². The minimum absolute atomic E-state index is 0.00560. The summed E-state index contributed by atoms with van der Waals surface area (Å²) in [7, 11) is 0. The molecule has 29 heavy (non-hydrogen) atoms. The average Bonchev–Trinajstić information content (AvgIpc) is 2.69. The van der Waals surface area contributed by atoms with Gasteiger partial charge in [-0.05, 0) is 45.0 Å². The van der Waals surface area contributed by atoms with Gasteiger partial charge in [0, 0.05) is 11.3 Å². The van der Waals surface area contributed by atoms with Crippen LogP contribution in [0.5, 0.6) is 0 Å². The van der Waals surface area contributed by atoms with Gasteiger partial charge in [-0.25, -0.2) is 4.79 Å². The number of benzene rings is 2. The van der Waals surface area contributed by atoms with E-state index in [4.69, 9.17) is 9.47 Å². The Morgan fingerprint density at radius 1 is 0.931 bits per heavy atom. The Hall–Kier alpha value is -3.35. The Labute approximate surface area is 170 Å². The Bertz CT molecular complexity index is 816. The number of carbonyl (C=O) groups excluding carboxylic acids is 3. The third-order valence-electron chi connectivity index (χ3n) is 3.66. The summed E-state index contributed by atoms with van der Waals surface area (Å²) < 4.78 is 10.5. The summed E-state index contributed by atoms with van der Waals surface area (Å²) in [6.45, 7) is 5.11. The van der Waals surface area contributed by atoms with Crippen LogP contribution in [-0.4, -0.2) is 43.3 Å². The summed E-state index contributed by atoms with van der Waals surface area (Å²) in [6, 6.07) is 17.5. The molecular formula is C22H26N2O5. The van der Waals surface area contributed by atoms with Crippen molar-refractivity contribution in [1.82, 2.24) is 5.32 Å². The van der Waals surface area contributed by atoms with Gasteiger partial charge in [0.15, 0.2) is 0 Å². The second-order valence-electron chi connectivity index (χ2n) is 7.24. The number of anilines is 1. The van der Waals surface area contributed by atoms with Gasteiger partial charge in [-0.3, -0.25) is 14.5 Å². The van der Waals surface area contributed by atoms with E-state index < -0.39 is 17.7 Å². The van der Waals surface area contributed by atoms with Crippen molar-refractivity contribution in [3.63, 3.8) is 0 Å². The number of amides is 2. The highest BCUT2D eigenvalue weighted by atomic mass is 16.6. The zero-order valence-corrected chi connectivity index (χ0v) is 16.9. The molecule has 0 aliphatic carbocycles. The summed E-state index contributed by atoms with van der Waals surface area (Å²) in [5.74, 6) is -0.852. The summed E-state index contributed by atoms with van der Waals surface area (Å²) in [5, 5.41) is 2.67. The van der Waals surface area contributed by atoms with Crippen LogP contribution in [0.2, 0.25) is 0 Å². The maximum atomic E-state index is 12.5. The van der Waals surface area contributed by atoms with Gasteiger partial charge in [0.1, 0.15) is 18.8 Å². The molecule has 0 atom stereocenters. The topological polar surface area (TPSA) is 84.9 Å². The molecule has 0 aliphatic heterocycles. The molecule has 0 aliphatic rings. The predicted molar refractivity (Wildman–Crippen MR) is 110 cm³/mol. The highest BCUT2D eigenvalue weighted by molar-refractivity contribution is 5.94. The molecule has 0 fully saturated rings. The molecule has 0 unspecified atom stereocenters. The molecule has 0 saturated carbocycles. The van der Waals surface area contributed by atoms with E-state index in [9.17, 15) is 14.4 Å². The average molecular weight is 398 g/mol. The fourth-order valence-corrected chi connectivity index (χ4v) is 2.38. The number of hydrogen-bond donors (Lipinski definition) is 1. The first-order valence-corrected chi connectivity index (χ1v) is 9.31. The van der Waals surface area contributed by atoms with E-state index in [0.717, 1.165) is 0 Å². The predicted octanol–water partition coefficient (Wildman–Crippen LogP) is 3.40. The molecule has 0 aromatic heterocycles. The maximum absolute atomic E-state index is 12.5. The molecule has 154 valence electrons. The van der Waals surface area contributed by atoms with Crippen LogP contribution in [0.25, 0.3) is 0 Å². The number of para-hydroxylation sites is 1. The van der Waals surface area contributed by atoms with Gasteiger partial charge >= 0.3 is 12.1 Å². The molecule has 0 radical (unpaired) electrons. The van der Waals surface area contributed by atoms with Gasteiger partial charge in [-0.15, -0.1) is 0 Å². The van der Waals surface area contributed by atoms with Gasteiger partial charge in [0.25, 0.3) is 5.91 Å². The van der Waals surface area contributed by atoms with E-state index in [1.54, 1.807) is 69.3 Å². The second kappa shape index (κ2) is 10.3. The normalized spacial score (nSPS) is 10.7. The van der Waals surface area contributed by atoms with Crippen molar-refractivity contribution < 1.29 is 23.9 Å². The number of nitrogens with zero attached hydrogens (tertiary/aromatic N) is 1. The van der Waals surface area contributed by atoms with Gasteiger partial charge in [-0.1, -0.05) is 36.4 Å². The van der Waals surface area contributed by atoms with Crippen LogP contribution in [0.1, 0.15) is 31.1 Å². The monoisotopic (exact) mass is 398 g/mol. The fourth-order valence-electron chi connectivity index (χ4n) is 2.38. The van der Waals surface area contributed by atoms with Crippen LogP contribution in [0.3, 0.4) is 0 Å². The van der Waals surface area contributed by atoms with Gasteiger partial charge in [0.2, 0.25) is 0 Å². The zero-order valence-electron chi connectivity index (χ0n) is 16.9. The van der Waals surface area contributed by atoms with Crippen molar-refractivity contribution in [2.24, 2.45) is 0 Å². The van der Waals surface area contributed by atoms with E-state index in [1.165, 1.54) is 4.90 Å². The van der Waals surface area contributed by atoms with Gasteiger partial charge in [-0.2, -0.15) is 0 Å². The number of nitrogens with one attached hydrogen (secondary N) is 1. The standard InChI is InChI=1S/C22H26N2O5/c1-22(2,3)29-21(27)24(18-12-8-5-9-13-18)16-19(25)28-15-14-23-20(26)17-10-6-4-7-11-17/h4-13H,14-16H2,1-3H3,(H,23,26). The number of carbonyl (C=O) groups is 3. The van der Waals surface area contributed by atoms with Crippen LogP contribution < -0.4 is 10.2 Å². The van der Waals surface area contributed by atoms with Crippen molar-refractivity contribution in [1.29, 1.82) is 0 Å². The minimum Gasteiger partial charge on any atom is -0.462 e. The number of rotatable bonds is 7. The fraction of sp³-hybridized carbons (Fsp3) is 0.318. The lowest BCUT2D eigenvalue weighted by Crippen LogP contribution is -2.41. The van der Waals surface area contributed by atoms with E-state index in [2.05, 4.69) is 5.32 Å². The molecule has 0 spiro atoms. The van der Waals surface area contributed by atoms with Gasteiger partial charge in [0.05, 0.1) is 6.54 Å². The number of esters is 1. The van der Waals surface area contributed by atoms with Crippen molar-refractivity contribution in [2.75, 3.05) is 24.6 Å². The van der Waals surface area contributed by atoms with E-state index >= 15 is 0 Å². The van der Waals surface area contributed by atoms with E-state index in [1.807, 2.05) is 12.1 Å². The van der Waals surface area contributed by atoms with Crippen LogP contribution in [0.4, 0.5) is 10.5 Å². The van der Waals surface area contributed by atoms with Crippen LogP contribution >= 0.6 is 0 Å². The molecular weight excluding hydrogens is 372 g/mol. The summed E-state index contributed by atoms with van der Waals surface area (Å²) in [4.78, 5) is 37.9. The first-order chi connectivity index (χ1) is 13.8. The lowest BCUT2D eigenvalue weighted by molar-refractivity contribution is -0.141. The molecule has 0 bridgehead atoms. The number of ether oxygens (including phenoxy) is 2. The highest BCUT2D eigenvalue weighted by Crippen LogP contribution is 2.18. The molecule has 7 nitrogen and oxygen atoms in total. The van der Waals surface area contributed by atoms with Crippen molar-refractivity contribution in [2.45, 2.75) is 26.4 Å². The lowest BCUT2D eigenvalue weighted by Gasteiger charge is -2.26. The molecule has 7 heteroatoms. The highest BCUT2D eigenvalue weighted by Gasteiger charge is 2.25. The largest absolute Gasteiger partial charge is 0.462 e. The number of hydrogen-bond acceptors (Lipinski definition) is 5. The maximum Gasteiger partial charge on any atom is 0.415 e. The quantitative estimate of drug-likeness (QED) is 0.571. The smallest absolute Gasteiger partial charge is 0.415 e. The SMILES string of the molecule is CC(C)(C)OC(=O)N(CC(=O)OCCNC(=O)c1ccccc1)c1ccccc1. The second-order valence-corrected chi connectivity index (χ2v) is 7.24. The zero-order chi connectivity index (χ0) is 21.3. The summed E-state index contributed by atoms with van der Waals surface area (Å²) in [5.41, 5.74) is 0.352. The molecule has 0 heterocycles. The molecule has 0 saturated heterocycles. The molecule has 2 amide bonds. The van der Waals surface area contributed by atoms with Gasteiger partial charge < -0.3 is 14.8 Å². The Balaban J connectivity index is 1.87. The lowest BCUT2D eigenvalue weighted by atomic mass is 10.2. The molecule has 2 aromatic rings. The van der Waals surface area contributed by atoms with E-state index in [-0.39, 0.29) is 25.6 Å². The van der Waals surface area contributed by atoms with Crippen LogP contribution in [0, 0.1) is 0 Å². The third-order valence-corrected chi connectivity index (χ3v) is 3.66. The van der Waals surface area contributed by atoms with Crippen molar-refractivity contribution in [3.8, 4) is 0 Å². The molecule has 1 N–H and O–H groups in total.